The molecule has 1 unspecified atom stereocenters. The van der Waals surface area contributed by atoms with E-state index in [1.54, 1.807) is 21.8 Å². The van der Waals surface area contributed by atoms with Crippen molar-refractivity contribution >= 4 is 17.5 Å². The van der Waals surface area contributed by atoms with Crippen LogP contribution in [0.1, 0.15) is 22.6 Å². The fourth-order valence-electron chi connectivity index (χ4n) is 3.43. The van der Waals surface area contributed by atoms with Crippen LogP contribution in [0.4, 0.5) is 5.69 Å². The highest BCUT2D eigenvalue weighted by Crippen LogP contribution is 2.24. The van der Waals surface area contributed by atoms with Crippen LogP contribution in [0.2, 0.25) is 0 Å². The molecule has 0 saturated carbocycles. The third-order valence-corrected chi connectivity index (χ3v) is 5.16. The topological polar surface area (TPSA) is 95.9 Å². The highest BCUT2D eigenvalue weighted by atomic mass is 16.2. The van der Waals surface area contributed by atoms with Gasteiger partial charge in [0.05, 0.1) is 11.9 Å². The number of nitrogens with zero attached hydrogens (tertiary/aromatic N) is 4. The molecule has 1 atom stereocenters. The van der Waals surface area contributed by atoms with E-state index in [4.69, 9.17) is 0 Å². The lowest BCUT2D eigenvalue weighted by atomic mass is 10.1. The predicted octanol–water partition coefficient (Wildman–Crippen LogP) is 1.90. The molecule has 0 aliphatic carbocycles. The second-order valence-electron chi connectivity index (χ2n) is 7.05. The molecule has 2 N–H and O–H groups in total. The Morgan fingerprint density at radius 2 is 2.11 bits per heavy atom. The van der Waals surface area contributed by atoms with Gasteiger partial charge < -0.3 is 10.2 Å². The molecule has 1 aromatic carbocycles. The number of carbonyl (C=O) groups excluding carboxylic acids is 2. The second kappa shape index (κ2) is 7.30. The summed E-state index contributed by atoms with van der Waals surface area (Å²) in [5.41, 5.74) is 3.83. The Morgan fingerprint density at radius 3 is 2.82 bits per heavy atom. The summed E-state index contributed by atoms with van der Waals surface area (Å²) in [7, 11) is 1.86. The SMILES string of the molecule is Cc1c(-c2cc(C(=O)NCC3CC(=O)N(c4ccccc4)C3)[nH]n2)cnn1C. The Kier molecular flexibility index (Phi) is 4.68. The Morgan fingerprint density at radius 1 is 1.32 bits per heavy atom. The Hall–Kier alpha value is -3.42. The Balaban J connectivity index is 1.36. The van der Waals surface area contributed by atoms with Gasteiger partial charge in [0.25, 0.3) is 5.91 Å². The van der Waals surface area contributed by atoms with Crippen LogP contribution in [-0.2, 0) is 11.8 Å². The van der Waals surface area contributed by atoms with Crippen molar-refractivity contribution in [2.75, 3.05) is 18.0 Å². The van der Waals surface area contributed by atoms with Crippen molar-refractivity contribution in [3.05, 3.63) is 54.0 Å². The molecule has 1 aliphatic rings. The average Bonchev–Trinajstić information content (AvgIpc) is 3.41. The van der Waals surface area contributed by atoms with Crippen molar-refractivity contribution in [3.8, 4) is 11.3 Å². The van der Waals surface area contributed by atoms with E-state index in [2.05, 4.69) is 20.6 Å². The maximum Gasteiger partial charge on any atom is 0.269 e. The van der Waals surface area contributed by atoms with Crippen molar-refractivity contribution in [2.24, 2.45) is 13.0 Å². The number of aryl methyl sites for hydroxylation is 1. The number of aromatic amines is 1. The van der Waals surface area contributed by atoms with Crippen molar-refractivity contribution in [1.29, 1.82) is 0 Å². The fraction of sp³-hybridized carbons (Fsp3) is 0.300. The molecule has 28 heavy (non-hydrogen) atoms. The molecule has 1 fully saturated rings. The molecule has 2 amide bonds. The second-order valence-corrected chi connectivity index (χ2v) is 7.05. The molecule has 8 heteroatoms. The standard InChI is InChI=1S/C20H22N6O2/c1-13-16(11-22-25(13)2)17-9-18(24-23-17)20(28)21-10-14-8-19(27)26(12-14)15-6-4-3-5-7-15/h3-7,9,11,14H,8,10,12H2,1-2H3,(H,21,28)(H,23,24). The van der Waals surface area contributed by atoms with Gasteiger partial charge >= 0.3 is 0 Å². The molecule has 3 heterocycles. The number of H-pyrrole nitrogens is 1. The van der Waals surface area contributed by atoms with Crippen LogP contribution in [0.3, 0.4) is 0 Å². The molecule has 8 nitrogen and oxygen atoms in total. The first-order valence-corrected chi connectivity index (χ1v) is 9.21. The maximum absolute atomic E-state index is 12.5. The lowest BCUT2D eigenvalue weighted by Crippen LogP contribution is -2.31. The number of aromatic nitrogens is 4. The molecule has 3 aromatic rings. The largest absolute Gasteiger partial charge is 0.350 e. The molecular formula is C20H22N6O2. The normalized spacial score (nSPS) is 16.6. The molecule has 4 rings (SSSR count). The van der Waals surface area contributed by atoms with Gasteiger partial charge in [0, 0.05) is 49.4 Å². The summed E-state index contributed by atoms with van der Waals surface area (Å²) in [6.45, 7) is 2.99. The minimum absolute atomic E-state index is 0.0830. The average molecular weight is 378 g/mol. The summed E-state index contributed by atoms with van der Waals surface area (Å²) in [6.07, 6.45) is 2.16. The van der Waals surface area contributed by atoms with Gasteiger partial charge in [-0.25, -0.2) is 0 Å². The van der Waals surface area contributed by atoms with E-state index in [0.717, 1.165) is 16.9 Å². The van der Waals surface area contributed by atoms with Crippen LogP contribution in [-0.4, -0.2) is 44.9 Å². The van der Waals surface area contributed by atoms with Crippen LogP contribution < -0.4 is 10.2 Å². The molecule has 1 saturated heterocycles. The van der Waals surface area contributed by atoms with Crippen molar-refractivity contribution in [3.63, 3.8) is 0 Å². The van der Waals surface area contributed by atoms with Crippen molar-refractivity contribution < 1.29 is 9.59 Å². The van der Waals surface area contributed by atoms with Gasteiger partial charge in [-0.05, 0) is 25.1 Å². The van der Waals surface area contributed by atoms with Gasteiger partial charge in [-0.3, -0.25) is 19.4 Å². The number of hydrogen-bond donors (Lipinski definition) is 2. The van der Waals surface area contributed by atoms with Crippen LogP contribution in [0.15, 0.2) is 42.6 Å². The molecule has 2 aromatic heterocycles. The van der Waals surface area contributed by atoms with Crippen LogP contribution >= 0.6 is 0 Å². The number of hydrogen-bond acceptors (Lipinski definition) is 4. The number of benzene rings is 1. The molecule has 1 aliphatic heterocycles. The minimum Gasteiger partial charge on any atom is -0.350 e. The van der Waals surface area contributed by atoms with Crippen LogP contribution in [0.5, 0.6) is 0 Å². The van der Waals surface area contributed by atoms with Gasteiger partial charge in [0.2, 0.25) is 5.91 Å². The predicted molar refractivity (Wildman–Crippen MR) is 105 cm³/mol. The molecule has 0 bridgehead atoms. The van der Waals surface area contributed by atoms with E-state index in [-0.39, 0.29) is 17.7 Å². The monoisotopic (exact) mass is 378 g/mol. The van der Waals surface area contributed by atoms with Crippen LogP contribution in [0.25, 0.3) is 11.3 Å². The summed E-state index contributed by atoms with van der Waals surface area (Å²) >= 11 is 0. The van der Waals surface area contributed by atoms with Gasteiger partial charge in [-0.15, -0.1) is 0 Å². The summed E-state index contributed by atoms with van der Waals surface area (Å²) < 4.78 is 1.76. The third-order valence-electron chi connectivity index (χ3n) is 5.16. The minimum atomic E-state index is -0.231. The quantitative estimate of drug-likeness (QED) is 0.709. The van der Waals surface area contributed by atoms with Crippen LogP contribution in [0, 0.1) is 12.8 Å². The molecule has 0 radical (unpaired) electrons. The van der Waals surface area contributed by atoms with Gasteiger partial charge in [0.1, 0.15) is 5.69 Å². The number of amides is 2. The molecular weight excluding hydrogens is 356 g/mol. The number of para-hydroxylation sites is 1. The summed E-state index contributed by atoms with van der Waals surface area (Å²) in [5.74, 6) is -0.0631. The first-order valence-electron chi connectivity index (χ1n) is 9.21. The number of carbonyl (C=O) groups is 2. The van der Waals surface area contributed by atoms with Gasteiger partial charge in [-0.1, -0.05) is 18.2 Å². The smallest absolute Gasteiger partial charge is 0.269 e. The van der Waals surface area contributed by atoms with E-state index < -0.39 is 0 Å². The molecule has 0 spiro atoms. The Bertz CT molecular complexity index is 1010. The fourth-order valence-corrected chi connectivity index (χ4v) is 3.43. The highest BCUT2D eigenvalue weighted by molar-refractivity contribution is 5.96. The van der Waals surface area contributed by atoms with E-state index in [1.165, 1.54) is 0 Å². The number of rotatable bonds is 5. The van der Waals surface area contributed by atoms with E-state index in [1.807, 2.05) is 44.3 Å². The zero-order valence-electron chi connectivity index (χ0n) is 15.8. The van der Waals surface area contributed by atoms with Crippen molar-refractivity contribution in [2.45, 2.75) is 13.3 Å². The maximum atomic E-state index is 12.5. The number of nitrogens with one attached hydrogen (secondary N) is 2. The first kappa shape index (κ1) is 18.0. The molecule has 144 valence electrons. The van der Waals surface area contributed by atoms with E-state index in [0.29, 0.717) is 30.9 Å². The highest BCUT2D eigenvalue weighted by Gasteiger charge is 2.30. The van der Waals surface area contributed by atoms with Crippen molar-refractivity contribution in [1.82, 2.24) is 25.3 Å². The van der Waals surface area contributed by atoms with E-state index >= 15 is 0 Å². The lowest BCUT2D eigenvalue weighted by Gasteiger charge is -2.16. The van der Waals surface area contributed by atoms with Gasteiger partial charge in [-0.2, -0.15) is 10.2 Å². The zero-order chi connectivity index (χ0) is 19.7. The summed E-state index contributed by atoms with van der Waals surface area (Å²) in [6, 6.07) is 11.3. The van der Waals surface area contributed by atoms with E-state index in [9.17, 15) is 9.59 Å². The van der Waals surface area contributed by atoms with Gasteiger partial charge in [0.15, 0.2) is 0 Å². The lowest BCUT2D eigenvalue weighted by molar-refractivity contribution is -0.117. The summed E-state index contributed by atoms with van der Waals surface area (Å²) in [5, 5.41) is 14.1. The third kappa shape index (κ3) is 3.40. The zero-order valence-corrected chi connectivity index (χ0v) is 15.8. The number of anilines is 1. The Labute approximate surface area is 162 Å². The first-order chi connectivity index (χ1) is 13.5. The summed E-state index contributed by atoms with van der Waals surface area (Å²) in [4.78, 5) is 26.5.